The lowest BCUT2D eigenvalue weighted by Crippen LogP contribution is -2.52. The Morgan fingerprint density at radius 3 is 2.59 bits per heavy atom. The standard InChI is InChI=1S/C35H53NO5/c1-22-11-16-35(39-21-22)23(2)32-29(41-35)20-28-26-8-7-24-19-25(12-14-33(24,3)27(26)13-15-34(28,32)4)40-31(38)10-9-30(37)36-17-5-6-18-36/h7,22-23,25-29,32H,5-6,8-21H2,1-4H3/t22-,23+,25+,26-,27+,28+,29+,32+,33+,34+,35-/m1/s1. The van der Waals surface area contributed by atoms with Gasteiger partial charge in [0.05, 0.1) is 19.1 Å². The number of hydrogen-bond donors (Lipinski definition) is 0. The van der Waals surface area contributed by atoms with Crippen molar-refractivity contribution in [2.45, 2.75) is 129 Å². The minimum atomic E-state index is -0.338. The molecule has 0 aromatic rings. The molecule has 0 unspecified atom stereocenters. The van der Waals surface area contributed by atoms with Gasteiger partial charge in [-0.15, -0.1) is 0 Å². The number of fused-ring (bicyclic) bond motifs is 7. The van der Waals surface area contributed by atoms with Crippen molar-refractivity contribution in [3.63, 3.8) is 0 Å². The lowest BCUT2D eigenvalue weighted by Gasteiger charge is -2.58. The number of carbonyl (C=O) groups excluding carboxylic acids is 2. The summed E-state index contributed by atoms with van der Waals surface area (Å²) in [5.41, 5.74) is 2.08. The molecule has 3 aliphatic heterocycles. The van der Waals surface area contributed by atoms with Gasteiger partial charge in [-0.05, 0) is 98.2 Å². The Kier molecular flexibility index (Phi) is 7.17. The average molecular weight is 568 g/mol. The molecule has 41 heavy (non-hydrogen) atoms. The zero-order valence-corrected chi connectivity index (χ0v) is 26.0. The predicted octanol–water partition coefficient (Wildman–Crippen LogP) is 6.67. The SMILES string of the molecule is C[C@@H]1CC[C@@]2(OC1)O[C@H]1C[C@H]3[C@@H]4CC=C5C[C@@H](OC(=O)CCC(=O)N6CCCC6)CC[C@]5(C)[C@H]4CC[C@]3(C)[C@H]1[C@@H]2C. The van der Waals surface area contributed by atoms with E-state index in [2.05, 4.69) is 33.8 Å². The van der Waals surface area contributed by atoms with Crippen LogP contribution in [0.15, 0.2) is 11.6 Å². The molecule has 0 N–H and O–H groups in total. The normalized spacial score (nSPS) is 48.7. The van der Waals surface area contributed by atoms with Gasteiger partial charge in [-0.2, -0.15) is 0 Å². The molecule has 4 aliphatic carbocycles. The predicted molar refractivity (Wildman–Crippen MR) is 157 cm³/mol. The molecule has 6 fully saturated rings. The Morgan fingerprint density at radius 1 is 1.02 bits per heavy atom. The summed E-state index contributed by atoms with van der Waals surface area (Å²) in [6.45, 7) is 12.4. The molecule has 3 saturated heterocycles. The fourth-order valence-corrected chi connectivity index (χ4v) is 11.3. The minimum Gasteiger partial charge on any atom is -0.462 e. The van der Waals surface area contributed by atoms with Crippen molar-refractivity contribution < 1.29 is 23.8 Å². The fourth-order valence-electron chi connectivity index (χ4n) is 11.3. The smallest absolute Gasteiger partial charge is 0.306 e. The Labute approximate surface area is 247 Å². The van der Waals surface area contributed by atoms with Crippen LogP contribution in [0.2, 0.25) is 0 Å². The zero-order valence-electron chi connectivity index (χ0n) is 26.0. The molecule has 0 aromatic heterocycles. The summed E-state index contributed by atoms with van der Waals surface area (Å²) in [4.78, 5) is 26.9. The number of ether oxygens (including phenoxy) is 3. The molecule has 228 valence electrons. The van der Waals surface area contributed by atoms with Crippen molar-refractivity contribution in [2.75, 3.05) is 19.7 Å². The molecular weight excluding hydrogens is 514 g/mol. The maximum atomic E-state index is 12.7. The van der Waals surface area contributed by atoms with Gasteiger partial charge < -0.3 is 19.1 Å². The van der Waals surface area contributed by atoms with E-state index in [1.54, 1.807) is 0 Å². The first kappa shape index (κ1) is 28.4. The summed E-state index contributed by atoms with van der Waals surface area (Å²) in [7, 11) is 0. The minimum absolute atomic E-state index is 0.0383. The molecule has 6 nitrogen and oxygen atoms in total. The maximum absolute atomic E-state index is 12.7. The van der Waals surface area contributed by atoms with Gasteiger partial charge in [0.25, 0.3) is 0 Å². The van der Waals surface area contributed by atoms with Gasteiger partial charge in [0.2, 0.25) is 5.91 Å². The van der Waals surface area contributed by atoms with Gasteiger partial charge in [0.1, 0.15) is 6.10 Å². The van der Waals surface area contributed by atoms with Crippen LogP contribution in [-0.2, 0) is 23.8 Å². The lowest BCUT2D eigenvalue weighted by molar-refractivity contribution is -0.272. The number of nitrogens with zero attached hydrogens (tertiary/aromatic N) is 1. The number of likely N-dealkylation sites (tertiary alicyclic amines) is 1. The van der Waals surface area contributed by atoms with Crippen LogP contribution in [0.3, 0.4) is 0 Å². The van der Waals surface area contributed by atoms with Gasteiger partial charge in [0, 0.05) is 38.3 Å². The number of allylic oxidation sites excluding steroid dienone is 1. The Morgan fingerprint density at radius 2 is 1.83 bits per heavy atom. The second kappa shape index (κ2) is 10.4. The molecule has 7 aliphatic rings. The highest BCUT2D eigenvalue weighted by molar-refractivity contribution is 5.81. The molecule has 6 heteroatoms. The Hall–Kier alpha value is -1.40. The number of rotatable bonds is 4. The van der Waals surface area contributed by atoms with E-state index < -0.39 is 0 Å². The summed E-state index contributed by atoms with van der Waals surface area (Å²) in [6, 6.07) is 0. The molecular formula is C35H53NO5. The summed E-state index contributed by atoms with van der Waals surface area (Å²) in [6.07, 6.45) is 15.7. The highest BCUT2D eigenvalue weighted by atomic mass is 16.7. The van der Waals surface area contributed by atoms with Crippen LogP contribution in [0.4, 0.5) is 0 Å². The Balaban J connectivity index is 0.994. The van der Waals surface area contributed by atoms with Crippen molar-refractivity contribution in [1.82, 2.24) is 4.90 Å². The van der Waals surface area contributed by atoms with Crippen molar-refractivity contribution in [1.29, 1.82) is 0 Å². The first-order valence-electron chi connectivity index (χ1n) is 17.1. The highest BCUT2D eigenvalue weighted by Crippen LogP contribution is 2.70. The third-order valence-electron chi connectivity index (χ3n) is 13.6. The van der Waals surface area contributed by atoms with Gasteiger partial charge in [-0.25, -0.2) is 0 Å². The number of hydrogen-bond acceptors (Lipinski definition) is 5. The van der Waals surface area contributed by atoms with Crippen molar-refractivity contribution in [2.24, 2.45) is 46.3 Å². The second-order valence-electron chi connectivity index (χ2n) is 15.7. The molecule has 3 heterocycles. The molecule has 11 atom stereocenters. The van der Waals surface area contributed by atoms with E-state index in [1.807, 2.05) is 4.90 Å². The summed E-state index contributed by atoms with van der Waals surface area (Å²) >= 11 is 0. The van der Waals surface area contributed by atoms with Gasteiger partial charge in [-0.1, -0.05) is 39.3 Å². The molecule has 1 spiro atoms. The molecule has 0 aromatic carbocycles. The van der Waals surface area contributed by atoms with Gasteiger partial charge in [-0.3, -0.25) is 9.59 Å². The summed E-state index contributed by atoms with van der Waals surface area (Å²) in [5, 5.41) is 0. The number of amides is 1. The fraction of sp³-hybridized carbons (Fsp3) is 0.886. The average Bonchev–Trinajstić information content (AvgIpc) is 3.65. The number of esters is 1. The third kappa shape index (κ3) is 4.55. The van der Waals surface area contributed by atoms with Crippen LogP contribution in [0.25, 0.3) is 0 Å². The summed E-state index contributed by atoms with van der Waals surface area (Å²) in [5.74, 6) is 3.44. The topological polar surface area (TPSA) is 65.1 Å². The van der Waals surface area contributed by atoms with Gasteiger partial charge in [0.15, 0.2) is 5.79 Å². The lowest BCUT2D eigenvalue weighted by atomic mass is 9.47. The van der Waals surface area contributed by atoms with Crippen LogP contribution in [0.1, 0.15) is 111 Å². The summed E-state index contributed by atoms with van der Waals surface area (Å²) < 4.78 is 19.4. The van der Waals surface area contributed by atoms with E-state index in [0.29, 0.717) is 35.2 Å². The van der Waals surface area contributed by atoms with Crippen LogP contribution in [0.5, 0.6) is 0 Å². The van der Waals surface area contributed by atoms with Crippen molar-refractivity contribution in [3.8, 4) is 0 Å². The highest BCUT2D eigenvalue weighted by Gasteiger charge is 2.68. The molecule has 1 amide bonds. The first-order valence-corrected chi connectivity index (χ1v) is 17.1. The molecule has 3 saturated carbocycles. The van der Waals surface area contributed by atoms with Crippen molar-refractivity contribution >= 4 is 11.9 Å². The third-order valence-corrected chi connectivity index (χ3v) is 13.6. The molecule has 7 rings (SSSR count). The van der Waals surface area contributed by atoms with Crippen LogP contribution in [0, 0.1) is 46.3 Å². The van der Waals surface area contributed by atoms with E-state index in [-0.39, 0.29) is 42.0 Å². The Bertz CT molecular complexity index is 1070. The van der Waals surface area contributed by atoms with E-state index in [9.17, 15) is 9.59 Å². The maximum Gasteiger partial charge on any atom is 0.306 e. The van der Waals surface area contributed by atoms with Gasteiger partial charge >= 0.3 is 5.97 Å². The van der Waals surface area contributed by atoms with E-state index in [0.717, 1.165) is 76.5 Å². The zero-order chi connectivity index (χ0) is 28.6. The molecule has 0 radical (unpaired) electrons. The monoisotopic (exact) mass is 567 g/mol. The van der Waals surface area contributed by atoms with E-state index in [4.69, 9.17) is 14.2 Å². The number of carbonyl (C=O) groups is 2. The molecule has 0 bridgehead atoms. The van der Waals surface area contributed by atoms with E-state index >= 15 is 0 Å². The van der Waals surface area contributed by atoms with Crippen LogP contribution in [-0.4, -0.2) is 54.5 Å². The quantitative estimate of drug-likeness (QED) is 0.281. The first-order chi connectivity index (χ1) is 19.6. The largest absolute Gasteiger partial charge is 0.462 e. The second-order valence-corrected chi connectivity index (χ2v) is 15.7. The van der Waals surface area contributed by atoms with Crippen LogP contribution < -0.4 is 0 Å². The van der Waals surface area contributed by atoms with Crippen molar-refractivity contribution in [3.05, 3.63) is 11.6 Å². The van der Waals surface area contributed by atoms with E-state index in [1.165, 1.54) is 31.3 Å². The van der Waals surface area contributed by atoms with Crippen LogP contribution >= 0.6 is 0 Å².